The molecule has 0 unspecified atom stereocenters. The van der Waals surface area contributed by atoms with E-state index in [9.17, 15) is 10.1 Å². The second-order valence-electron chi connectivity index (χ2n) is 3.42. The maximum absolute atomic E-state index is 11.0. The Morgan fingerprint density at radius 2 is 1.82 bits per heavy atom. The van der Waals surface area contributed by atoms with E-state index >= 15 is 0 Å². The first-order valence-electron chi connectivity index (χ1n) is 4.89. The van der Waals surface area contributed by atoms with Crippen molar-refractivity contribution >= 4 is 23.8 Å². The summed E-state index contributed by atoms with van der Waals surface area (Å²) in [4.78, 5) is 10.6. The highest BCUT2D eigenvalue weighted by atomic mass is 32.1. The van der Waals surface area contributed by atoms with Gasteiger partial charge in [0.2, 0.25) is 0 Å². The summed E-state index contributed by atoms with van der Waals surface area (Å²) in [5.41, 5.74) is 1.81. The van der Waals surface area contributed by atoms with Crippen molar-refractivity contribution in [2.75, 3.05) is 0 Å². The predicted octanol–water partition coefficient (Wildman–Crippen LogP) is 3.62. The Labute approximate surface area is 103 Å². The molecule has 4 nitrogen and oxygen atoms in total. The van der Waals surface area contributed by atoms with Crippen LogP contribution in [0.4, 0.5) is 11.4 Å². The van der Waals surface area contributed by atoms with Crippen LogP contribution in [0.25, 0.3) is 11.1 Å². The third kappa shape index (κ3) is 2.34. The Morgan fingerprint density at radius 3 is 2.41 bits per heavy atom. The number of nitro groups is 1. The lowest BCUT2D eigenvalue weighted by atomic mass is 10.0. The lowest BCUT2D eigenvalue weighted by molar-refractivity contribution is -0.384. The molecule has 17 heavy (non-hydrogen) atoms. The summed E-state index contributed by atoms with van der Waals surface area (Å²) in [5.74, 6) is 0. The fourth-order valence-electron chi connectivity index (χ4n) is 1.59. The molecule has 0 N–H and O–H groups in total. The van der Waals surface area contributed by atoms with E-state index in [0.29, 0.717) is 11.3 Å². The normalized spacial score (nSPS) is 9.88. The Bertz CT molecular complexity index is 570. The molecular weight excluding hydrogens is 236 g/mol. The van der Waals surface area contributed by atoms with E-state index in [1.165, 1.54) is 6.07 Å². The predicted molar refractivity (Wildman–Crippen MR) is 68.0 cm³/mol. The summed E-state index contributed by atoms with van der Waals surface area (Å²) in [6, 6.07) is 13.9. The van der Waals surface area contributed by atoms with Crippen LogP contribution >= 0.6 is 0 Å². The summed E-state index contributed by atoms with van der Waals surface area (Å²) < 4.78 is 3.53. The highest BCUT2D eigenvalue weighted by Crippen LogP contribution is 2.32. The van der Waals surface area contributed by atoms with E-state index in [2.05, 4.69) is 16.8 Å². The van der Waals surface area contributed by atoms with Crippen molar-refractivity contribution < 1.29 is 4.92 Å². The van der Waals surface area contributed by atoms with Gasteiger partial charge >= 0.3 is 0 Å². The van der Waals surface area contributed by atoms with Gasteiger partial charge in [-0.3, -0.25) is 10.1 Å². The Balaban J connectivity index is 2.62. The topological polar surface area (TPSA) is 55.5 Å². The summed E-state index contributed by atoms with van der Waals surface area (Å²) >= 11 is 4.53. The number of benzene rings is 2. The van der Waals surface area contributed by atoms with Gasteiger partial charge in [-0.1, -0.05) is 30.3 Å². The molecule has 0 saturated carbocycles. The molecule has 2 aromatic rings. The fourth-order valence-corrected chi connectivity index (χ4v) is 1.70. The molecule has 0 bridgehead atoms. The zero-order chi connectivity index (χ0) is 12.3. The Hall–Kier alpha value is -2.14. The van der Waals surface area contributed by atoms with Crippen LogP contribution in [0.5, 0.6) is 0 Å². The van der Waals surface area contributed by atoms with Crippen LogP contribution in [0.2, 0.25) is 0 Å². The van der Waals surface area contributed by atoms with E-state index in [0.717, 1.165) is 5.56 Å². The van der Waals surface area contributed by atoms with E-state index < -0.39 is 4.92 Å². The maximum Gasteiger partial charge on any atom is 0.279 e. The minimum atomic E-state index is -0.424. The number of hydrogen-bond donors (Lipinski definition) is 0. The molecule has 0 aliphatic carbocycles. The van der Waals surface area contributed by atoms with E-state index in [1.807, 2.05) is 30.3 Å². The van der Waals surface area contributed by atoms with Gasteiger partial charge in [0.1, 0.15) is 0 Å². The maximum atomic E-state index is 11.0. The molecule has 5 heteroatoms. The van der Waals surface area contributed by atoms with E-state index in [-0.39, 0.29) is 5.69 Å². The minimum absolute atomic E-state index is 0.0160. The molecule has 0 aliphatic rings. The third-order valence-electron chi connectivity index (χ3n) is 2.37. The van der Waals surface area contributed by atoms with Crippen LogP contribution in [0, 0.1) is 10.1 Å². The van der Waals surface area contributed by atoms with Crippen molar-refractivity contribution in [3.05, 3.63) is 58.6 Å². The third-order valence-corrected chi connectivity index (χ3v) is 2.58. The summed E-state index contributed by atoms with van der Waals surface area (Å²) in [6.45, 7) is 0. The average molecular weight is 244 g/mol. The van der Waals surface area contributed by atoms with Crippen LogP contribution < -0.4 is 0 Å². The molecule has 2 rings (SSSR count). The molecule has 0 saturated heterocycles. The van der Waals surface area contributed by atoms with Gasteiger partial charge in [-0.05, 0) is 17.7 Å². The number of rotatable bonds is 3. The molecular formula is C12H8N2O2S. The molecule has 0 aromatic heterocycles. The van der Waals surface area contributed by atoms with Crippen LogP contribution in [0.15, 0.2) is 52.9 Å². The molecule has 0 aliphatic heterocycles. The minimum Gasteiger partial charge on any atom is -0.258 e. The smallest absolute Gasteiger partial charge is 0.258 e. The van der Waals surface area contributed by atoms with Crippen molar-refractivity contribution in [3.8, 4) is 11.1 Å². The summed E-state index contributed by atoms with van der Waals surface area (Å²) in [7, 11) is 0. The first kappa shape index (κ1) is 11.3. The highest BCUT2D eigenvalue weighted by molar-refractivity contribution is 7.47. The lowest BCUT2D eigenvalue weighted by Crippen LogP contribution is -1.91. The van der Waals surface area contributed by atoms with Crippen molar-refractivity contribution in [2.45, 2.75) is 0 Å². The second-order valence-corrected chi connectivity index (χ2v) is 3.60. The largest absolute Gasteiger partial charge is 0.279 e. The fraction of sp³-hybridized carbons (Fsp3) is 0. The van der Waals surface area contributed by atoms with Crippen molar-refractivity contribution in [3.63, 3.8) is 0 Å². The van der Waals surface area contributed by atoms with Gasteiger partial charge in [-0.15, -0.1) is 0 Å². The van der Waals surface area contributed by atoms with Crippen LogP contribution in [-0.2, 0) is 12.4 Å². The zero-order valence-corrected chi connectivity index (χ0v) is 9.55. The molecule has 2 aromatic carbocycles. The molecule has 0 atom stereocenters. The summed E-state index contributed by atoms with van der Waals surface area (Å²) in [5, 5.41) is 11.0. The van der Waals surface area contributed by atoms with Gasteiger partial charge in [0.15, 0.2) is 0 Å². The van der Waals surface area contributed by atoms with Crippen LogP contribution in [-0.4, -0.2) is 4.92 Å². The molecule has 0 amide bonds. The highest BCUT2D eigenvalue weighted by Gasteiger charge is 2.15. The molecule has 0 spiro atoms. The van der Waals surface area contributed by atoms with Gasteiger partial charge in [-0.25, -0.2) is 0 Å². The quantitative estimate of drug-likeness (QED) is 0.612. The monoisotopic (exact) mass is 244 g/mol. The molecule has 0 radical (unpaired) electrons. The molecule has 84 valence electrons. The van der Waals surface area contributed by atoms with Crippen molar-refractivity contribution in [2.24, 2.45) is 4.36 Å². The van der Waals surface area contributed by atoms with E-state index in [4.69, 9.17) is 0 Å². The van der Waals surface area contributed by atoms with Gasteiger partial charge < -0.3 is 0 Å². The van der Waals surface area contributed by atoms with Gasteiger partial charge in [0.25, 0.3) is 5.69 Å². The van der Waals surface area contributed by atoms with Gasteiger partial charge in [0, 0.05) is 18.5 Å². The second kappa shape index (κ2) is 4.80. The molecule has 0 fully saturated rings. The van der Waals surface area contributed by atoms with Crippen LogP contribution in [0.3, 0.4) is 0 Å². The average Bonchev–Trinajstić information content (AvgIpc) is 2.39. The first-order valence-corrected chi connectivity index (χ1v) is 5.26. The molecule has 0 heterocycles. The Morgan fingerprint density at radius 1 is 1.12 bits per heavy atom. The van der Waals surface area contributed by atoms with E-state index in [1.54, 1.807) is 12.1 Å². The standard InChI is InChI=1S/C12H8N2O2S/c15-14(16)12-8-10(13-17)6-7-11(12)9-4-2-1-3-5-9/h1-8H. The van der Waals surface area contributed by atoms with Crippen LogP contribution in [0.1, 0.15) is 0 Å². The van der Waals surface area contributed by atoms with Gasteiger partial charge in [-0.2, -0.15) is 4.36 Å². The number of hydrogen-bond acceptors (Lipinski definition) is 4. The zero-order valence-electron chi connectivity index (χ0n) is 8.74. The van der Waals surface area contributed by atoms with Crippen molar-refractivity contribution in [1.82, 2.24) is 0 Å². The number of nitrogens with zero attached hydrogens (tertiary/aromatic N) is 2. The van der Waals surface area contributed by atoms with Crippen molar-refractivity contribution in [1.29, 1.82) is 0 Å². The van der Waals surface area contributed by atoms with Gasteiger partial charge in [0.05, 0.1) is 16.2 Å². The number of nitro benzene ring substituents is 1. The lowest BCUT2D eigenvalue weighted by Gasteiger charge is -2.03. The Kier molecular flexibility index (Phi) is 3.20. The summed E-state index contributed by atoms with van der Waals surface area (Å²) in [6.07, 6.45) is 0. The first-order chi connectivity index (χ1) is 8.22. The SMILES string of the molecule is O=[N+]([O-])c1cc(N=S)ccc1-c1ccccc1.